The number of nitrogens with zero attached hydrogens (tertiary/aromatic N) is 1. The summed E-state index contributed by atoms with van der Waals surface area (Å²) in [5, 5.41) is 3.53. The van der Waals surface area contributed by atoms with Crippen molar-refractivity contribution in [1.82, 2.24) is 10.2 Å². The first kappa shape index (κ1) is 15.3. The third kappa shape index (κ3) is 5.23. The van der Waals surface area contributed by atoms with Crippen LogP contribution in [0, 0.1) is 6.92 Å². The highest BCUT2D eigenvalue weighted by molar-refractivity contribution is 5.05. The lowest BCUT2D eigenvalue weighted by atomic mass is 10.1. The first-order valence-electron chi connectivity index (χ1n) is 7.01. The summed E-state index contributed by atoms with van der Waals surface area (Å²) in [5.41, 5.74) is 0. The quantitative estimate of drug-likeness (QED) is 0.770. The summed E-state index contributed by atoms with van der Waals surface area (Å²) in [6, 6.07) is 5.22. The first-order valence-corrected chi connectivity index (χ1v) is 7.01. The van der Waals surface area contributed by atoms with E-state index in [4.69, 9.17) is 4.42 Å². The molecule has 104 valence electrons. The molecule has 1 aromatic heterocycles. The Morgan fingerprint density at radius 1 is 1.33 bits per heavy atom. The number of hydrogen-bond donors (Lipinski definition) is 1. The van der Waals surface area contributed by atoms with Crippen LogP contribution in [0.2, 0.25) is 0 Å². The van der Waals surface area contributed by atoms with E-state index in [0.29, 0.717) is 12.1 Å². The molecule has 1 unspecified atom stereocenters. The fourth-order valence-corrected chi connectivity index (χ4v) is 2.13. The van der Waals surface area contributed by atoms with E-state index >= 15 is 0 Å². The molecule has 0 saturated carbocycles. The van der Waals surface area contributed by atoms with Crippen LogP contribution in [0.25, 0.3) is 0 Å². The molecule has 0 aromatic carbocycles. The van der Waals surface area contributed by atoms with Crippen LogP contribution >= 0.6 is 0 Å². The molecule has 1 heterocycles. The molecule has 0 aliphatic heterocycles. The van der Waals surface area contributed by atoms with Gasteiger partial charge in [0.05, 0.1) is 6.54 Å². The van der Waals surface area contributed by atoms with Crippen LogP contribution in [0.4, 0.5) is 0 Å². The second kappa shape index (κ2) is 7.59. The molecule has 0 saturated heterocycles. The Morgan fingerprint density at radius 3 is 2.56 bits per heavy atom. The molecule has 0 aliphatic carbocycles. The Bertz CT molecular complexity index is 333. The van der Waals surface area contributed by atoms with E-state index in [2.05, 4.69) is 44.1 Å². The molecule has 0 bridgehead atoms. The van der Waals surface area contributed by atoms with Gasteiger partial charge in [0.25, 0.3) is 0 Å². The van der Waals surface area contributed by atoms with Gasteiger partial charge in [0.2, 0.25) is 0 Å². The molecule has 0 radical (unpaired) electrons. The van der Waals surface area contributed by atoms with Gasteiger partial charge in [-0.05, 0) is 32.5 Å². The zero-order chi connectivity index (χ0) is 13.5. The normalized spacial score (nSPS) is 13.5. The molecule has 1 N–H and O–H groups in total. The lowest BCUT2D eigenvalue weighted by Gasteiger charge is -2.28. The SMILES string of the molecule is CCCC(CNC(C)C)N(C)Cc1ccc(C)o1. The van der Waals surface area contributed by atoms with Gasteiger partial charge in [-0.25, -0.2) is 0 Å². The smallest absolute Gasteiger partial charge is 0.118 e. The van der Waals surface area contributed by atoms with E-state index in [-0.39, 0.29) is 0 Å². The van der Waals surface area contributed by atoms with Gasteiger partial charge in [0.1, 0.15) is 11.5 Å². The summed E-state index contributed by atoms with van der Waals surface area (Å²) in [5.74, 6) is 2.05. The predicted octanol–water partition coefficient (Wildman–Crippen LogP) is 3.19. The van der Waals surface area contributed by atoms with Gasteiger partial charge in [-0.3, -0.25) is 4.90 Å². The maximum absolute atomic E-state index is 5.65. The van der Waals surface area contributed by atoms with Crippen LogP contribution in [0.15, 0.2) is 16.5 Å². The summed E-state index contributed by atoms with van der Waals surface area (Å²) in [7, 11) is 2.18. The van der Waals surface area contributed by atoms with Gasteiger partial charge in [-0.15, -0.1) is 0 Å². The van der Waals surface area contributed by atoms with Crippen molar-refractivity contribution in [2.24, 2.45) is 0 Å². The van der Waals surface area contributed by atoms with E-state index in [9.17, 15) is 0 Å². The van der Waals surface area contributed by atoms with Gasteiger partial charge < -0.3 is 9.73 Å². The van der Waals surface area contributed by atoms with Gasteiger partial charge in [-0.2, -0.15) is 0 Å². The van der Waals surface area contributed by atoms with Crippen LogP contribution < -0.4 is 5.32 Å². The first-order chi connectivity index (χ1) is 8.52. The van der Waals surface area contributed by atoms with Crippen LogP contribution in [-0.2, 0) is 6.54 Å². The van der Waals surface area contributed by atoms with Crippen LogP contribution in [0.1, 0.15) is 45.1 Å². The predicted molar refractivity (Wildman–Crippen MR) is 76.7 cm³/mol. The van der Waals surface area contributed by atoms with Crippen LogP contribution in [0.5, 0.6) is 0 Å². The molecule has 0 spiro atoms. The summed E-state index contributed by atoms with van der Waals surface area (Å²) < 4.78 is 5.65. The average Bonchev–Trinajstić information content (AvgIpc) is 2.69. The summed E-state index contributed by atoms with van der Waals surface area (Å²) in [6.07, 6.45) is 2.43. The van der Waals surface area contributed by atoms with Crippen molar-refractivity contribution in [3.63, 3.8) is 0 Å². The van der Waals surface area contributed by atoms with Crippen LogP contribution in [0.3, 0.4) is 0 Å². The van der Waals surface area contributed by atoms with Crippen molar-refractivity contribution in [3.05, 3.63) is 23.7 Å². The minimum Gasteiger partial charge on any atom is -0.465 e. The second-order valence-corrected chi connectivity index (χ2v) is 5.43. The maximum Gasteiger partial charge on any atom is 0.118 e. The van der Waals surface area contributed by atoms with E-state index < -0.39 is 0 Å². The molecule has 18 heavy (non-hydrogen) atoms. The zero-order valence-corrected chi connectivity index (χ0v) is 12.5. The topological polar surface area (TPSA) is 28.4 Å². The standard InChI is InChI=1S/C15H28N2O/c1-6-7-14(10-16-12(2)3)17(5)11-15-9-8-13(4)18-15/h8-9,12,14,16H,6-7,10-11H2,1-5H3. The number of likely N-dealkylation sites (N-methyl/N-ethyl adjacent to an activating group) is 1. The van der Waals surface area contributed by atoms with Crippen molar-refractivity contribution >= 4 is 0 Å². The fourth-order valence-electron chi connectivity index (χ4n) is 2.13. The monoisotopic (exact) mass is 252 g/mol. The van der Waals surface area contributed by atoms with Crippen molar-refractivity contribution in [2.45, 2.75) is 59.2 Å². The Kier molecular flexibility index (Phi) is 6.44. The van der Waals surface area contributed by atoms with E-state index in [1.807, 2.05) is 13.0 Å². The average molecular weight is 252 g/mol. The lowest BCUT2D eigenvalue weighted by molar-refractivity contribution is 0.196. The lowest BCUT2D eigenvalue weighted by Crippen LogP contribution is -2.41. The minimum absolute atomic E-state index is 0.545. The number of aryl methyl sites for hydroxylation is 1. The molecule has 0 aliphatic rings. The maximum atomic E-state index is 5.65. The molecule has 1 rings (SSSR count). The third-order valence-electron chi connectivity index (χ3n) is 3.21. The molecule has 1 atom stereocenters. The minimum atomic E-state index is 0.545. The Hall–Kier alpha value is -0.800. The highest BCUT2D eigenvalue weighted by atomic mass is 16.3. The Balaban J connectivity index is 2.50. The van der Waals surface area contributed by atoms with Crippen molar-refractivity contribution in [2.75, 3.05) is 13.6 Å². The summed E-state index contributed by atoms with van der Waals surface area (Å²) in [6.45, 7) is 10.6. The Morgan fingerprint density at radius 2 is 2.06 bits per heavy atom. The largest absolute Gasteiger partial charge is 0.465 e. The van der Waals surface area contributed by atoms with Crippen molar-refractivity contribution in [1.29, 1.82) is 0 Å². The molecular weight excluding hydrogens is 224 g/mol. The highest BCUT2D eigenvalue weighted by Gasteiger charge is 2.15. The van der Waals surface area contributed by atoms with Gasteiger partial charge in [0, 0.05) is 18.6 Å². The highest BCUT2D eigenvalue weighted by Crippen LogP contribution is 2.12. The third-order valence-corrected chi connectivity index (χ3v) is 3.21. The van der Waals surface area contributed by atoms with Crippen molar-refractivity contribution in [3.8, 4) is 0 Å². The van der Waals surface area contributed by atoms with Gasteiger partial charge >= 0.3 is 0 Å². The van der Waals surface area contributed by atoms with E-state index in [1.165, 1.54) is 12.8 Å². The van der Waals surface area contributed by atoms with Gasteiger partial charge in [-0.1, -0.05) is 27.2 Å². The van der Waals surface area contributed by atoms with E-state index in [0.717, 1.165) is 24.6 Å². The van der Waals surface area contributed by atoms with Gasteiger partial charge in [0.15, 0.2) is 0 Å². The number of rotatable bonds is 8. The molecular formula is C15H28N2O. The second-order valence-electron chi connectivity index (χ2n) is 5.43. The number of furan rings is 1. The number of hydrogen-bond acceptors (Lipinski definition) is 3. The van der Waals surface area contributed by atoms with Crippen LogP contribution in [-0.4, -0.2) is 30.6 Å². The summed E-state index contributed by atoms with van der Waals surface area (Å²) >= 11 is 0. The summed E-state index contributed by atoms with van der Waals surface area (Å²) in [4.78, 5) is 2.39. The molecule has 3 nitrogen and oxygen atoms in total. The molecule has 0 amide bonds. The zero-order valence-electron chi connectivity index (χ0n) is 12.5. The fraction of sp³-hybridized carbons (Fsp3) is 0.733. The number of nitrogens with one attached hydrogen (secondary N) is 1. The Labute approximate surface area is 112 Å². The van der Waals surface area contributed by atoms with E-state index in [1.54, 1.807) is 0 Å². The molecule has 3 heteroatoms. The molecule has 0 fully saturated rings. The molecule has 1 aromatic rings. The van der Waals surface area contributed by atoms with Crippen molar-refractivity contribution < 1.29 is 4.42 Å².